The monoisotopic (exact) mass is 283 g/mol. The van der Waals surface area contributed by atoms with E-state index in [1.165, 1.54) is 13.1 Å². The molecule has 110 valence electrons. The van der Waals surface area contributed by atoms with Gasteiger partial charge in [-0.15, -0.1) is 0 Å². The smallest absolute Gasteiger partial charge is 0.128 e. The van der Waals surface area contributed by atoms with Gasteiger partial charge in [-0.1, -0.05) is 0 Å². The first-order valence-electron chi connectivity index (χ1n) is 7.57. The number of nitrogens with zero attached hydrogens (tertiary/aromatic N) is 5. The van der Waals surface area contributed by atoms with E-state index in [-0.39, 0.29) is 0 Å². The summed E-state index contributed by atoms with van der Waals surface area (Å²) in [6, 6.07) is 4.30. The second kappa shape index (κ2) is 4.84. The molecule has 2 fully saturated rings. The highest BCUT2D eigenvalue weighted by Gasteiger charge is 2.38. The van der Waals surface area contributed by atoms with Crippen LogP contribution in [0.2, 0.25) is 0 Å². The Balaban J connectivity index is 1.50. The highest BCUT2D eigenvalue weighted by Crippen LogP contribution is 2.32. The van der Waals surface area contributed by atoms with E-state index in [0.717, 1.165) is 41.9 Å². The molecule has 4 rings (SSSR count). The highest BCUT2D eigenvalue weighted by molar-refractivity contribution is 5.62. The van der Waals surface area contributed by atoms with E-state index in [1.54, 1.807) is 0 Å². The molecule has 0 bridgehead atoms. The molecule has 2 aliphatic heterocycles. The summed E-state index contributed by atoms with van der Waals surface area (Å²) in [5.74, 6) is 2.74. The van der Waals surface area contributed by atoms with Crippen molar-refractivity contribution in [3.8, 4) is 11.1 Å². The zero-order chi connectivity index (χ0) is 14.4. The number of hydrogen-bond acceptors (Lipinski definition) is 4. The summed E-state index contributed by atoms with van der Waals surface area (Å²) in [5.41, 5.74) is 2.25. The molecular weight excluding hydrogens is 262 g/mol. The average Bonchev–Trinajstić information content (AvgIpc) is 3.13. The number of likely N-dealkylation sites (tertiary alicyclic amines) is 1. The van der Waals surface area contributed by atoms with Gasteiger partial charge in [0.1, 0.15) is 5.82 Å². The maximum Gasteiger partial charge on any atom is 0.128 e. The fourth-order valence-electron chi connectivity index (χ4n) is 3.73. The molecule has 2 saturated heterocycles. The Kier molecular flexibility index (Phi) is 2.96. The third-order valence-corrected chi connectivity index (χ3v) is 4.78. The van der Waals surface area contributed by atoms with Crippen LogP contribution in [0.1, 0.15) is 0 Å². The van der Waals surface area contributed by atoms with Gasteiger partial charge in [-0.05, 0) is 31.0 Å². The summed E-state index contributed by atoms with van der Waals surface area (Å²) in [7, 11) is 4.16. The number of fused-ring (bicyclic) bond motifs is 1. The van der Waals surface area contributed by atoms with Gasteiger partial charge in [0, 0.05) is 56.7 Å². The van der Waals surface area contributed by atoms with E-state index in [4.69, 9.17) is 0 Å². The molecule has 0 spiro atoms. The Bertz CT molecular complexity index is 618. The molecule has 5 nitrogen and oxygen atoms in total. The summed E-state index contributed by atoms with van der Waals surface area (Å²) in [4.78, 5) is 9.56. The minimum absolute atomic E-state index is 0.815. The van der Waals surface area contributed by atoms with Crippen molar-refractivity contribution in [1.82, 2.24) is 19.7 Å². The van der Waals surface area contributed by atoms with Gasteiger partial charge in [-0.25, -0.2) is 4.98 Å². The number of hydrogen-bond donors (Lipinski definition) is 0. The maximum atomic E-state index is 4.67. The molecule has 2 atom stereocenters. The lowest BCUT2D eigenvalue weighted by Gasteiger charge is -2.20. The summed E-state index contributed by atoms with van der Waals surface area (Å²) in [5, 5.41) is 4.21. The van der Waals surface area contributed by atoms with Crippen LogP contribution in [0.25, 0.3) is 11.1 Å². The molecule has 0 radical (unpaired) electrons. The first kappa shape index (κ1) is 12.8. The second-order valence-corrected chi connectivity index (χ2v) is 6.45. The fourth-order valence-corrected chi connectivity index (χ4v) is 3.73. The van der Waals surface area contributed by atoms with Gasteiger partial charge in [0.2, 0.25) is 0 Å². The number of anilines is 1. The number of pyridine rings is 1. The zero-order valence-electron chi connectivity index (χ0n) is 12.6. The molecule has 2 aliphatic rings. The van der Waals surface area contributed by atoms with Crippen molar-refractivity contribution < 1.29 is 0 Å². The Hall–Kier alpha value is -1.88. The van der Waals surface area contributed by atoms with Crippen LogP contribution in [0.3, 0.4) is 0 Å². The molecule has 0 N–H and O–H groups in total. The van der Waals surface area contributed by atoms with Crippen LogP contribution >= 0.6 is 0 Å². The SMILES string of the molecule is CN1CC2CN(c3ccc(-c4cnn(C)c4)cn3)CC2C1. The zero-order valence-corrected chi connectivity index (χ0v) is 12.6. The van der Waals surface area contributed by atoms with Gasteiger partial charge >= 0.3 is 0 Å². The Morgan fingerprint density at radius 3 is 2.29 bits per heavy atom. The van der Waals surface area contributed by atoms with Crippen LogP contribution in [0, 0.1) is 11.8 Å². The minimum Gasteiger partial charge on any atom is -0.356 e. The first-order chi connectivity index (χ1) is 10.2. The fraction of sp³-hybridized carbons (Fsp3) is 0.500. The van der Waals surface area contributed by atoms with Crippen molar-refractivity contribution >= 4 is 5.82 Å². The van der Waals surface area contributed by atoms with Gasteiger partial charge < -0.3 is 9.80 Å². The number of rotatable bonds is 2. The minimum atomic E-state index is 0.815. The predicted molar refractivity (Wildman–Crippen MR) is 83.1 cm³/mol. The topological polar surface area (TPSA) is 37.2 Å². The largest absolute Gasteiger partial charge is 0.356 e. The summed E-state index contributed by atoms with van der Waals surface area (Å²) in [6.45, 7) is 4.76. The molecule has 2 aromatic heterocycles. The van der Waals surface area contributed by atoms with Crippen molar-refractivity contribution in [1.29, 1.82) is 0 Å². The van der Waals surface area contributed by atoms with E-state index in [0.29, 0.717) is 0 Å². The lowest BCUT2D eigenvalue weighted by molar-refractivity contribution is 0.387. The van der Waals surface area contributed by atoms with Crippen molar-refractivity contribution in [2.75, 3.05) is 38.1 Å². The number of aryl methyl sites for hydroxylation is 1. The van der Waals surface area contributed by atoms with Crippen LogP contribution in [-0.2, 0) is 7.05 Å². The standard InChI is InChI=1S/C16H21N5/c1-19-7-14-10-21(11-15(14)8-19)16-4-3-12(5-17-16)13-6-18-20(2)9-13/h3-6,9,14-15H,7-8,10-11H2,1-2H3. The Morgan fingerprint density at radius 1 is 0.952 bits per heavy atom. The van der Waals surface area contributed by atoms with Gasteiger partial charge in [-0.2, -0.15) is 5.10 Å². The van der Waals surface area contributed by atoms with Crippen LogP contribution in [0.5, 0.6) is 0 Å². The van der Waals surface area contributed by atoms with Gasteiger partial charge in [0.15, 0.2) is 0 Å². The molecule has 2 unspecified atom stereocenters. The van der Waals surface area contributed by atoms with Crippen molar-refractivity contribution in [3.05, 3.63) is 30.7 Å². The number of aromatic nitrogens is 3. The van der Waals surface area contributed by atoms with E-state index < -0.39 is 0 Å². The van der Waals surface area contributed by atoms with E-state index in [1.807, 2.05) is 30.3 Å². The quantitative estimate of drug-likeness (QED) is 0.836. The van der Waals surface area contributed by atoms with Crippen LogP contribution in [-0.4, -0.2) is 52.9 Å². The molecule has 0 saturated carbocycles. The van der Waals surface area contributed by atoms with Crippen LogP contribution in [0.4, 0.5) is 5.82 Å². The predicted octanol–water partition coefficient (Wildman–Crippen LogP) is 1.48. The molecule has 0 amide bonds. The van der Waals surface area contributed by atoms with Gasteiger partial charge in [-0.3, -0.25) is 4.68 Å². The molecule has 0 aliphatic carbocycles. The first-order valence-corrected chi connectivity index (χ1v) is 7.57. The normalized spacial score (nSPS) is 25.5. The Morgan fingerprint density at radius 2 is 1.71 bits per heavy atom. The summed E-state index contributed by atoms with van der Waals surface area (Å²) in [6.07, 6.45) is 5.87. The van der Waals surface area contributed by atoms with E-state index >= 15 is 0 Å². The van der Waals surface area contributed by atoms with E-state index in [9.17, 15) is 0 Å². The lowest BCUT2D eigenvalue weighted by atomic mass is 10.0. The average molecular weight is 283 g/mol. The molecule has 2 aromatic rings. The third-order valence-electron chi connectivity index (χ3n) is 4.78. The third kappa shape index (κ3) is 2.31. The van der Waals surface area contributed by atoms with Crippen molar-refractivity contribution in [2.24, 2.45) is 18.9 Å². The van der Waals surface area contributed by atoms with Crippen molar-refractivity contribution in [3.63, 3.8) is 0 Å². The maximum absolute atomic E-state index is 4.67. The van der Waals surface area contributed by atoms with Crippen LogP contribution < -0.4 is 4.90 Å². The molecule has 5 heteroatoms. The molecular formula is C16H21N5. The molecule has 21 heavy (non-hydrogen) atoms. The van der Waals surface area contributed by atoms with Crippen molar-refractivity contribution in [2.45, 2.75) is 0 Å². The van der Waals surface area contributed by atoms with Gasteiger partial charge in [0.05, 0.1) is 6.20 Å². The van der Waals surface area contributed by atoms with Crippen LogP contribution in [0.15, 0.2) is 30.7 Å². The summed E-state index contributed by atoms with van der Waals surface area (Å²) < 4.78 is 1.82. The second-order valence-electron chi connectivity index (χ2n) is 6.45. The molecule has 0 aromatic carbocycles. The van der Waals surface area contributed by atoms with E-state index in [2.05, 4.69) is 39.1 Å². The Labute approximate surface area is 125 Å². The lowest BCUT2D eigenvalue weighted by Crippen LogP contribution is -2.27. The highest BCUT2D eigenvalue weighted by atomic mass is 15.3. The summed E-state index contributed by atoms with van der Waals surface area (Å²) >= 11 is 0. The van der Waals surface area contributed by atoms with Gasteiger partial charge in [0.25, 0.3) is 0 Å². The molecule has 4 heterocycles.